The summed E-state index contributed by atoms with van der Waals surface area (Å²) in [5, 5.41) is 9.37. The van der Waals surface area contributed by atoms with Gasteiger partial charge >= 0.3 is 5.97 Å². The predicted molar refractivity (Wildman–Crippen MR) is 69.7 cm³/mol. The number of esters is 1. The summed E-state index contributed by atoms with van der Waals surface area (Å²) in [6.07, 6.45) is 0. The lowest BCUT2D eigenvalue weighted by Gasteiger charge is -2.05. The smallest absolute Gasteiger partial charge is 0.345 e. The average molecular weight is 262 g/mol. The Hall–Kier alpha value is -2.63. The molecule has 0 aliphatic heterocycles. The Morgan fingerprint density at radius 1 is 1.26 bits per heavy atom. The van der Waals surface area contributed by atoms with Crippen molar-refractivity contribution >= 4 is 17.7 Å². The molecule has 1 rings (SSSR count). The minimum atomic E-state index is -0.859. The van der Waals surface area contributed by atoms with E-state index in [-0.39, 0.29) is 17.2 Å². The van der Waals surface area contributed by atoms with Gasteiger partial charge in [-0.15, -0.1) is 0 Å². The fourth-order valence-electron chi connectivity index (χ4n) is 1.35. The highest BCUT2D eigenvalue weighted by Gasteiger charge is 2.19. The van der Waals surface area contributed by atoms with Crippen molar-refractivity contribution in [1.82, 2.24) is 0 Å². The van der Waals surface area contributed by atoms with Crippen LogP contribution in [0.3, 0.4) is 0 Å². The van der Waals surface area contributed by atoms with E-state index in [9.17, 15) is 14.7 Å². The first-order valence-electron chi connectivity index (χ1n) is 5.39. The first kappa shape index (κ1) is 14.4. The van der Waals surface area contributed by atoms with Gasteiger partial charge in [0.15, 0.2) is 0 Å². The summed E-state index contributed by atoms with van der Waals surface area (Å²) >= 11 is 0. The SMILES string of the molecule is COC(=O)C(C(N)=NC(=O)c1ccccc1)=C(C)O. The van der Waals surface area contributed by atoms with E-state index >= 15 is 0 Å². The van der Waals surface area contributed by atoms with Gasteiger partial charge in [-0.05, 0) is 19.1 Å². The van der Waals surface area contributed by atoms with Crippen LogP contribution in [0.5, 0.6) is 0 Å². The molecule has 0 fully saturated rings. The van der Waals surface area contributed by atoms with Crippen LogP contribution in [-0.2, 0) is 9.53 Å². The highest BCUT2D eigenvalue weighted by Crippen LogP contribution is 2.06. The molecule has 1 amide bonds. The Morgan fingerprint density at radius 2 is 1.84 bits per heavy atom. The van der Waals surface area contributed by atoms with Crippen LogP contribution in [0.1, 0.15) is 17.3 Å². The van der Waals surface area contributed by atoms with Gasteiger partial charge in [0.2, 0.25) is 0 Å². The van der Waals surface area contributed by atoms with Gasteiger partial charge in [-0.25, -0.2) is 4.79 Å². The van der Waals surface area contributed by atoms with Crippen molar-refractivity contribution in [2.45, 2.75) is 6.92 Å². The summed E-state index contributed by atoms with van der Waals surface area (Å²) in [5.41, 5.74) is 5.54. The van der Waals surface area contributed by atoms with E-state index in [1.807, 2.05) is 0 Å². The molecule has 0 spiro atoms. The van der Waals surface area contributed by atoms with Gasteiger partial charge in [0.05, 0.1) is 7.11 Å². The Morgan fingerprint density at radius 3 is 2.32 bits per heavy atom. The molecule has 19 heavy (non-hydrogen) atoms. The van der Waals surface area contributed by atoms with Crippen molar-refractivity contribution in [3.63, 3.8) is 0 Å². The number of aliphatic hydroxyl groups excluding tert-OH is 1. The average Bonchev–Trinajstić information content (AvgIpc) is 2.39. The van der Waals surface area contributed by atoms with Crippen LogP contribution in [0.25, 0.3) is 0 Å². The number of nitrogens with two attached hydrogens (primary N) is 1. The molecule has 0 aromatic heterocycles. The van der Waals surface area contributed by atoms with Crippen molar-refractivity contribution in [1.29, 1.82) is 0 Å². The second kappa shape index (κ2) is 6.34. The number of hydrogen-bond acceptors (Lipinski definition) is 4. The van der Waals surface area contributed by atoms with Crippen molar-refractivity contribution in [3.8, 4) is 0 Å². The van der Waals surface area contributed by atoms with Crippen LogP contribution in [-0.4, -0.2) is 29.9 Å². The van der Waals surface area contributed by atoms with Crippen LogP contribution in [0, 0.1) is 0 Å². The fourth-order valence-corrected chi connectivity index (χ4v) is 1.35. The van der Waals surface area contributed by atoms with Gasteiger partial charge in [-0.3, -0.25) is 4.79 Å². The number of benzene rings is 1. The molecular formula is C13H14N2O4. The third-order valence-electron chi connectivity index (χ3n) is 2.25. The maximum Gasteiger partial charge on any atom is 0.345 e. The lowest BCUT2D eigenvalue weighted by Crippen LogP contribution is -2.25. The van der Waals surface area contributed by atoms with E-state index in [2.05, 4.69) is 9.73 Å². The molecule has 0 radical (unpaired) electrons. The summed E-state index contributed by atoms with van der Waals surface area (Å²) in [6.45, 7) is 1.25. The predicted octanol–water partition coefficient (Wildman–Crippen LogP) is 1.19. The molecule has 6 nitrogen and oxygen atoms in total. The van der Waals surface area contributed by atoms with Crippen molar-refractivity contribution in [2.75, 3.05) is 7.11 Å². The van der Waals surface area contributed by atoms with Crippen LogP contribution < -0.4 is 5.73 Å². The molecular weight excluding hydrogens is 248 g/mol. The zero-order valence-corrected chi connectivity index (χ0v) is 10.6. The molecule has 0 heterocycles. The van der Waals surface area contributed by atoms with Gasteiger partial charge in [0.25, 0.3) is 5.91 Å². The summed E-state index contributed by atoms with van der Waals surface area (Å²) in [5.74, 6) is -2.22. The number of methoxy groups -OCH3 is 1. The maximum atomic E-state index is 11.8. The molecule has 1 aromatic carbocycles. The quantitative estimate of drug-likeness (QED) is 0.280. The van der Waals surface area contributed by atoms with E-state index in [1.165, 1.54) is 6.92 Å². The summed E-state index contributed by atoms with van der Waals surface area (Å²) in [7, 11) is 1.14. The standard InChI is InChI=1S/C13H14N2O4/c1-8(16)10(13(18)19-2)11(14)15-12(17)9-6-4-3-5-7-9/h3-7,16H,1-2H3,(H2,14,15,17). The third-order valence-corrected chi connectivity index (χ3v) is 2.25. The summed E-state index contributed by atoms with van der Waals surface area (Å²) < 4.78 is 4.45. The number of amidine groups is 1. The molecule has 0 aliphatic rings. The minimum Gasteiger partial charge on any atom is -0.512 e. The van der Waals surface area contributed by atoms with E-state index < -0.39 is 11.9 Å². The number of aliphatic imine (C=N–C) groups is 1. The van der Waals surface area contributed by atoms with Crippen LogP contribution >= 0.6 is 0 Å². The van der Waals surface area contributed by atoms with Gasteiger partial charge in [0.1, 0.15) is 17.2 Å². The Balaban J connectivity index is 3.08. The summed E-state index contributed by atoms with van der Waals surface area (Å²) in [4.78, 5) is 26.7. The highest BCUT2D eigenvalue weighted by atomic mass is 16.5. The molecule has 0 atom stereocenters. The van der Waals surface area contributed by atoms with Crippen LogP contribution in [0.15, 0.2) is 46.7 Å². The number of allylic oxidation sites excluding steroid dienone is 1. The normalized spacial score (nSPS) is 12.6. The van der Waals surface area contributed by atoms with Crippen LogP contribution in [0.4, 0.5) is 0 Å². The molecule has 100 valence electrons. The lowest BCUT2D eigenvalue weighted by molar-refractivity contribution is -0.135. The first-order chi connectivity index (χ1) is 8.97. The van der Waals surface area contributed by atoms with E-state index in [0.29, 0.717) is 5.56 Å². The zero-order valence-electron chi connectivity index (χ0n) is 10.6. The molecule has 0 saturated heterocycles. The van der Waals surface area contributed by atoms with Gasteiger partial charge in [-0.1, -0.05) is 18.2 Å². The molecule has 0 bridgehead atoms. The lowest BCUT2D eigenvalue weighted by atomic mass is 10.2. The highest BCUT2D eigenvalue weighted by molar-refractivity contribution is 6.21. The topological polar surface area (TPSA) is 102 Å². The molecule has 0 unspecified atom stereocenters. The number of carbonyl (C=O) groups excluding carboxylic acids is 2. The minimum absolute atomic E-state index is 0.324. The van der Waals surface area contributed by atoms with Crippen LogP contribution in [0.2, 0.25) is 0 Å². The largest absolute Gasteiger partial charge is 0.512 e. The van der Waals surface area contributed by atoms with Crippen molar-refractivity contribution in [2.24, 2.45) is 10.7 Å². The Bertz CT molecular complexity index is 543. The van der Waals surface area contributed by atoms with Crippen molar-refractivity contribution in [3.05, 3.63) is 47.2 Å². The number of hydrogen-bond donors (Lipinski definition) is 2. The third kappa shape index (κ3) is 3.67. The van der Waals surface area contributed by atoms with E-state index in [4.69, 9.17) is 5.73 Å². The summed E-state index contributed by atoms with van der Waals surface area (Å²) in [6, 6.07) is 8.22. The number of rotatable bonds is 3. The molecule has 6 heteroatoms. The van der Waals surface area contributed by atoms with Gasteiger partial charge in [0, 0.05) is 5.56 Å². The van der Waals surface area contributed by atoms with E-state index in [1.54, 1.807) is 30.3 Å². The maximum absolute atomic E-state index is 11.8. The fraction of sp³-hybridized carbons (Fsp3) is 0.154. The van der Waals surface area contributed by atoms with Gasteiger partial charge in [-0.2, -0.15) is 4.99 Å². The number of aliphatic hydroxyl groups is 1. The Labute approximate surface area is 110 Å². The number of nitrogens with zero attached hydrogens (tertiary/aromatic N) is 1. The molecule has 1 aromatic rings. The molecule has 0 saturated carbocycles. The monoisotopic (exact) mass is 262 g/mol. The Kier molecular flexibility index (Phi) is 4.82. The first-order valence-corrected chi connectivity index (χ1v) is 5.39. The molecule has 0 aliphatic carbocycles. The number of carbonyl (C=O) groups is 2. The number of ether oxygens (including phenoxy) is 1. The van der Waals surface area contributed by atoms with E-state index in [0.717, 1.165) is 7.11 Å². The second-order valence-corrected chi connectivity index (χ2v) is 3.62. The second-order valence-electron chi connectivity index (χ2n) is 3.62. The number of amides is 1. The zero-order chi connectivity index (χ0) is 14.4. The van der Waals surface area contributed by atoms with Crippen molar-refractivity contribution < 1.29 is 19.4 Å². The van der Waals surface area contributed by atoms with Gasteiger partial charge < -0.3 is 15.6 Å². The molecule has 3 N–H and O–H groups in total.